The molecule has 27 heavy (non-hydrogen) atoms. The highest BCUT2D eigenvalue weighted by Crippen LogP contribution is 2.30. The molecule has 1 fully saturated rings. The standard InChI is InChI=1S/C20H21N3O4/c1-2-27-18-11-13(3-10-17(18)24)12-21-23-20(26)15-6-8-16(9-7-15)22-19(25)14-4-5-14/h3,6-12,14,24H,2,4-5H2,1H3,(H,22,25)(H,23,26)/b21-12+. The number of carbonyl (C=O) groups excluding carboxylic acids is 2. The van der Waals surface area contributed by atoms with E-state index < -0.39 is 0 Å². The van der Waals surface area contributed by atoms with Crippen molar-refractivity contribution >= 4 is 23.7 Å². The Morgan fingerprint density at radius 1 is 1.22 bits per heavy atom. The third-order valence-electron chi connectivity index (χ3n) is 4.03. The van der Waals surface area contributed by atoms with E-state index in [4.69, 9.17) is 4.74 Å². The summed E-state index contributed by atoms with van der Waals surface area (Å²) in [7, 11) is 0. The number of hydrogen-bond donors (Lipinski definition) is 3. The third-order valence-corrected chi connectivity index (χ3v) is 4.03. The van der Waals surface area contributed by atoms with Gasteiger partial charge in [0.2, 0.25) is 5.91 Å². The van der Waals surface area contributed by atoms with Crippen LogP contribution in [0, 0.1) is 5.92 Å². The van der Waals surface area contributed by atoms with Crippen LogP contribution in [0.1, 0.15) is 35.7 Å². The van der Waals surface area contributed by atoms with Crippen molar-refractivity contribution in [1.82, 2.24) is 5.43 Å². The molecule has 7 heteroatoms. The summed E-state index contributed by atoms with van der Waals surface area (Å²) in [6.45, 7) is 2.26. The largest absolute Gasteiger partial charge is 0.504 e. The Hall–Kier alpha value is -3.35. The number of hydrazone groups is 1. The first kappa shape index (κ1) is 18.4. The van der Waals surface area contributed by atoms with Gasteiger partial charge in [0.05, 0.1) is 12.8 Å². The molecule has 2 aromatic rings. The molecule has 2 aromatic carbocycles. The fourth-order valence-electron chi connectivity index (χ4n) is 2.41. The van der Waals surface area contributed by atoms with Gasteiger partial charge in [0.1, 0.15) is 0 Å². The molecule has 0 atom stereocenters. The Morgan fingerprint density at radius 2 is 1.96 bits per heavy atom. The maximum absolute atomic E-state index is 12.1. The van der Waals surface area contributed by atoms with Gasteiger partial charge in [0.15, 0.2) is 11.5 Å². The number of phenolic OH excluding ortho intramolecular Hbond substituents is 1. The van der Waals surface area contributed by atoms with Crippen molar-refractivity contribution in [3.8, 4) is 11.5 Å². The molecule has 0 aliphatic heterocycles. The van der Waals surface area contributed by atoms with Gasteiger partial charge in [-0.15, -0.1) is 0 Å². The van der Waals surface area contributed by atoms with Crippen LogP contribution in [-0.4, -0.2) is 29.7 Å². The molecule has 0 aromatic heterocycles. The van der Waals surface area contributed by atoms with Crippen molar-refractivity contribution < 1.29 is 19.4 Å². The van der Waals surface area contributed by atoms with E-state index in [0.29, 0.717) is 29.2 Å². The van der Waals surface area contributed by atoms with Crippen LogP contribution < -0.4 is 15.5 Å². The maximum Gasteiger partial charge on any atom is 0.271 e. The fraction of sp³-hybridized carbons (Fsp3) is 0.250. The number of nitrogens with one attached hydrogen (secondary N) is 2. The normalized spacial score (nSPS) is 13.4. The molecule has 0 radical (unpaired) electrons. The quantitative estimate of drug-likeness (QED) is 0.517. The lowest BCUT2D eigenvalue weighted by Gasteiger charge is -2.06. The Labute approximate surface area is 157 Å². The van der Waals surface area contributed by atoms with Crippen molar-refractivity contribution in [3.63, 3.8) is 0 Å². The van der Waals surface area contributed by atoms with Gasteiger partial charge in [-0.1, -0.05) is 0 Å². The molecular formula is C20H21N3O4. The minimum absolute atomic E-state index is 0.0251. The number of carbonyl (C=O) groups is 2. The van der Waals surface area contributed by atoms with E-state index in [-0.39, 0.29) is 23.5 Å². The van der Waals surface area contributed by atoms with E-state index in [9.17, 15) is 14.7 Å². The molecule has 3 N–H and O–H groups in total. The average Bonchev–Trinajstić information content (AvgIpc) is 3.50. The summed E-state index contributed by atoms with van der Waals surface area (Å²) in [6, 6.07) is 11.4. The number of ether oxygens (including phenoxy) is 1. The lowest BCUT2D eigenvalue weighted by Crippen LogP contribution is -2.18. The zero-order valence-corrected chi connectivity index (χ0v) is 14.9. The highest BCUT2D eigenvalue weighted by Gasteiger charge is 2.29. The average molecular weight is 367 g/mol. The summed E-state index contributed by atoms with van der Waals surface area (Å²) >= 11 is 0. The molecule has 0 heterocycles. The molecule has 140 valence electrons. The number of aromatic hydroxyl groups is 1. The van der Waals surface area contributed by atoms with E-state index in [1.807, 2.05) is 6.92 Å². The van der Waals surface area contributed by atoms with Gasteiger partial charge in [0.25, 0.3) is 5.91 Å². The topological polar surface area (TPSA) is 100 Å². The molecule has 1 aliphatic carbocycles. The highest BCUT2D eigenvalue weighted by atomic mass is 16.5. The van der Waals surface area contributed by atoms with Crippen molar-refractivity contribution in [2.45, 2.75) is 19.8 Å². The van der Waals surface area contributed by atoms with Crippen molar-refractivity contribution in [2.24, 2.45) is 11.0 Å². The van der Waals surface area contributed by atoms with Crippen LogP contribution in [0.5, 0.6) is 11.5 Å². The zero-order chi connectivity index (χ0) is 19.2. The summed E-state index contributed by atoms with van der Waals surface area (Å²) in [5.41, 5.74) is 4.21. The Balaban J connectivity index is 1.56. The molecule has 1 aliphatic rings. The van der Waals surface area contributed by atoms with E-state index in [1.54, 1.807) is 36.4 Å². The second-order valence-electron chi connectivity index (χ2n) is 6.20. The second-order valence-corrected chi connectivity index (χ2v) is 6.20. The molecule has 3 rings (SSSR count). The smallest absolute Gasteiger partial charge is 0.271 e. The van der Waals surface area contributed by atoms with Crippen molar-refractivity contribution in [1.29, 1.82) is 0 Å². The first-order valence-electron chi connectivity index (χ1n) is 8.77. The molecule has 0 unspecified atom stereocenters. The molecule has 2 amide bonds. The third kappa shape index (κ3) is 5.07. The van der Waals surface area contributed by atoms with Crippen molar-refractivity contribution in [2.75, 3.05) is 11.9 Å². The minimum Gasteiger partial charge on any atom is -0.504 e. The summed E-state index contributed by atoms with van der Waals surface area (Å²) in [4.78, 5) is 23.9. The van der Waals surface area contributed by atoms with Gasteiger partial charge in [0, 0.05) is 17.2 Å². The fourth-order valence-corrected chi connectivity index (χ4v) is 2.41. The number of phenols is 1. The number of amides is 2. The SMILES string of the molecule is CCOc1cc(/C=N/NC(=O)c2ccc(NC(=O)C3CC3)cc2)ccc1O. The Kier molecular flexibility index (Phi) is 5.71. The zero-order valence-electron chi connectivity index (χ0n) is 14.9. The molecule has 7 nitrogen and oxygen atoms in total. The number of rotatable bonds is 7. The van der Waals surface area contributed by atoms with Crippen LogP contribution >= 0.6 is 0 Å². The van der Waals surface area contributed by atoms with E-state index in [2.05, 4.69) is 15.8 Å². The van der Waals surface area contributed by atoms with Gasteiger partial charge in [-0.05, 0) is 67.8 Å². The summed E-state index contributed by atoms with van der Waals surface area (Å²) in [6.07, 6.45) is 3.35. The lowest BCUT2D eigenvalue weighted by atomic mass is 10.2. The van der Waals surface area contributed by atoms with E-state index in [0.717, 1.165) is 12.8 Å². The lowest BCUT2D eigenvalue weighted by molar-refractivity contribution is -0.117. The second kappa shape index (κ2) is 8.35. The van der Waals surface area contributed by atoms with Gasteiger partial charge in [-0.3, -0.25) is 9.59 Å². The van der Waals surface area contributed by atoms with Crippen LogP contribution in [0.4, 0.5) is 5.69 Å². The maximum atomic E-state index is 12.1. The van der Waals surface area contributed by atoms with E-state index >= 15 is 0 Å². The molecule has 0 saturated heterocycles. The first-order chi connectivity index (χ1) is 13.1. The van der Waals surface area contributed by atoms with Crippen LogP contribution in [0.2, 0.25) is 0 Å². The monoisotopic (exact) mass is 367 g/mol. The number of nitrogens with zero attached hydrogens (tertiary/aromatic N) is 1. The molecule has 1 saturated carbocycles. The van der Waals surface area contributed by atoms with Crippen LogP contribution in [0.25, 0.3) is 0 Å². The summed E-state index contributed by atoms with van der Waals surface area (Å²) in [5.74, 6) is 0.196. The van der Waals surface area contributed by atoms with Gasteiger partial charge in [-0.2, -0.15) is 5.10 Å². The van der Waals surface area contributed by atoms with Gasteiger partial charge < -0.3 is 15.2 Å². The molecule has 0 bridgehead atoms. The first-order valence-corrected chi connectivity index (χ1v) is 8.77. The summed E-state index contributed by atoms with van der Waals surface area (Å²) in [5, 5.41) is 16.4. The molecule has 0 spiro atoms. The van der Waals surface area contributed by atoms with Gasteiger partial charge in [-0.25, -0.2) is 5.43 Å². The highest BCUT2D eigenvalue weighted by molar-refractivity contribution is 5.97. The predicted molar refractivity (Wildman–Crippen MR) is 102 cm³/mol. The van der Waals surface area contributed by atoms with Crippen LogP contribution in [-0.2, 0) is 4.79 Å². The Morgan fingerprint density at radius 3 is 2.63 bits per heavy atom. The van der Waals surface area contributed by atoms with Crippen molar-refractivity contribution in [3.05, 3.63) is 53.6 Å². The van der Waals surface area contributed by atoms with Crippen LogP contribution in [0.15, 0.2) is 47.6 Å². The van der Waals surface area contributed by atoms with Crippen LogP contribution in [0.3, 0.4) is 0 Å². The Bertz CT molecular complexity index is 858. The number of hydrogen-bond acceptors (Lipinski definition) is 5. The number of anilines is 1. The van der Waals surface area contributed by atoms with Gasteiger partial charge >= 0.3 is 0 Å². The molecular weight excluding hydrogens is 346 g/mol. The number of benzene rings is 2. The van der Waals surface area contributed by atoms with E-state index in [1.165, 1.54) is 12.3 Å². The summed E-state index contributed by atoms with van der Waals surface area (Å²) < 4.78 is 5.30. The predicted octanol–water partition coefficient (Wildman–Crippen LogP) is 2.90. The minimum atomic E-state index is -0.366.